The first-order valence-corrected chi connectivity index (χ1v) is 5.88. The Bertz CT molecular complexity index is 477. The molecule has 78 valence electrons. The quantitative estimate of drug-likeness (QED) is 0.694. The first-order valence-electron chi connectivity index (χ1n) is 5.88. The molecule has 0 spiro atoms. The van der Waals surface area contributed by atoms with E-state index in [1.54, 1.807) is 0 Å². The van der Waals surface area contributed by atoms with Crippen molar-refractivity contribution in [3.63, 3.8) is 0 Å². The van der Waals surface area contributed by atoms with Gasteiger partial charge in [0.05, 0.1) is 0 Å². The molecule has 0 saturated heterocycles. The minimum atomic E-state index is 0.932. The maximum atomic E-state index is 2.42. The fourth-order valence-corrected chi connectivity index (χ4v) is 2.43. The molecule has 0 atom stereocenters. The van der Waals surface area contributed by atoms with Crippen LogP contribution in [0.5, 0.6) is 0 Å². The highest BCUT2D eigenvalue weighted by atomic mass is 15.0. The topological polar surface area (TPSA) is 4.93 Å². The van der Waals surface area contributed by atoms with Gasteiger partial charge in [-0.1, -0.05) is 18.1 Å². The number of aromatic nitrogens is 1. The van der Waals surface area contributed by atoms with Crippen LogP contribution in [-0.2, 0) is 6.54 Å². The van der Waals surface area contributed by atoms with Crippen molar-refractivity contribution in [3.05, 3.63) is 36.0 Å². The smallest absolute Gasteiger partial charge is 0.0480 e. The van der Waals surface area contributed by atoms with Gasteiger partial charge in [0.2, 0.25) is 0 Å². The molecule has 1 fully saturated rings. The first-order chi connectivity index (χ1) is 7.33. The summed E-state index contributed by atoms with van der Waals surface area (Å²) in [7, 11) is 0. The van der Waals surface area contributed by atoms with Crippen LogP contribution in [0.1, 0.15) is 24.8 Å². The van der Waals surface area contributed by atoms with E-state index in [2.05, 4.69) is 42.0 Å². The van der Waals surface area contributed by atoms with E-state index >= 15 is 0 Å². The second-order valence-corrected chi connectivity index (χ2v) is 4.83. The van der Waals surface area contributed by atoms with Crippen molar-refractivity contribution in [3.8, 4) is 0 Å². The lowest BCUT2D eigenvalue weighted by atomic mass is 9.85. The highest BCUT2D eigenvalue weighted by molar-refractivity contribution is 5.80. The highest BCUT2D eigenvalue weighted by Gasteiger charge is 2.18. The van der Waals surface area contributed by atoms with Gasteiger partial charge < -0.3 is 4.57 Å². The van der Waals surface area contributed by atoms with E-state index in [0.29, 0.717) is 0 Å². The highest BCUT2D eigenvalue weighted by Crippen LogP contribution is 2.29. The maximum Gasteiger partial charge on any atom is 0.0480 e. The molecule has 0 unspecified atom stereocenters. The van der Waals surface area contributed by atoms with Crippen molar-refractivity contribution in [2.75, 3.05) is 0 Å². The van der Waals surface area contributed by atoms with E-state index < -0.39 is 0 Å². The number of aryl methyl sites for hydroxylation is 1. The summed E-state index contributed by atoms with van der Waals surface area (Å²) in [6, 6.07) is 8.97. The van der Waals surface area contributed by atoms with Crippen molar-refractivity contribution in [2.45, 2.75) is 32.7 Å². The van der Waals surface area contributed by atoms with Gasteiger partial charge in [-0.2, -0.15) is 0 Å². The number of hydrogen-bond donors (Lipinski definition) is 0. The van der Waals surface area contributed by atoms with Crippen molar-refractivity contribution in [1.82, 2.24) is 4.57 Å². The molecule has 1 aliphatic carbocycles. The Hall–Kier alpha value is -1.24. The zero-order valence-electron chi connectivity index (χ0n) is 9.24. The molecular weight excluding hydrogens is 182 g/mol. The molecule has 1 heteroatoms. The predicted molar refractivity (Wildman–Crippen MR) is 64.0 cm³/mol. The van der Waals surface area contributed by atoms with E-state index in [9.17, 15) is 0 Å². The molecule has 0 N–H and O–H groups in total. The number of nitrogens with zero attached hydrogens (tertiary/aromatic N) is 1. The lowest BCUT2D eigenvalue weighted by molar-refractivity contribution is 0.280. The van der Waals surface area contributed by atoms with Gasteiger partial charge in [0.25, 0.3) is 0 Å². The lowest BCUT2D eigenvalue weighted by Crippen LogP contribution is -2.17. The summed E-state index contributed by atoms with van der Waals surface area (Å²) in [5, 5.41) is 1.38. The molecule has 0 aliphatic heterocycles. The van der Waals surface area contributed by atoms with Crippen LogP contribution in [0, 0.1) is 12.8 Å². The standard InChI is InChI=1S/C14H17N/c1-11-5-6-14-13(9-11)7-8-15(14)10-12-3-2-4-12/h5-9,12H,2-4,10H2,1H3. The second-order valence-electron chi connectivity index (χ2n) is 4.83. The van der Waals surface area contributed by atoms with Gasteiger partial charge in [-0.25, -0.2) is 0 Å². The summed E-state index contributed by atoms with van der Waals surface area (Å²) in [5.74, 6) is 0.932. The zero-order chi connectivity index (χ0) is 10.3. The largest absolute Gasteiger partial charge is 0.347 e. The molecule has 1 heterocycles. The molecule has 1 aliphatic rings. The average molecular weight is 199 g/mol. The zero-order valence-corrected chi connectivity index (χ0v) is 9.24. The van der Waals surface area contributed by atoms with E-state index in [0.717, 1.165) is 5.92 Å². The molecule has 3 rings (SSSR count). The minimum absolute atomic E-state index is 0.932. The molecule has 15 heavy (non-hydrogen) atoms. The normalized spacial score (nSPS) is 16.9. The van der Waals surface area contributed by atoms with Crippen LogP contribution in [0.4, 0.5) is 0 Å². The lowest BCUT2D eigenvalue weighted by Gasteiger charge is -2.26. The predicted octanol–water partition coefficient (Wildman–Crippen LogP) is 3.75. The third-order valence-corrected chi connectivity index (χ3v) is 3.61. The van der Waals surface area contributed by atoms with Crippen molar-refractivity contribution in [2.24, 2.45) is 5.92 Å². The van der Waals surface area contributed by atoms with E-state index in [1.807, 2.05) is 0 Å². The van der Waals surface area contributed by atoms with Crippen molar-refractivity contribution >= 4 is 10.9 Å². The summed E-state index contributed by atoms with van der Waals surface area (Å²) >= 11 is 0. The van der Waals surface area contributed by atoms with E-state index in [4.69, 9.17) is 0 Å². The van der Waals surface area contributed by atoms with Crippen molar-refractivity contribution < 1.29 is 0 Å². The van der Waals surface area contributed by atoms with E-state index in [1.165, 1.54) is 42.3 Å². The summed E-state index contributed by atoms with van der Waals surface area (Å²) in [5.41, 5.74) is 2.75. The van der Waals surface area contributed by atoms with Gasteiger partial charge in [-0.05, 0) is 49.3 Å². The van der Waals surface area contributed by atoms with Crippen molar-refractivity contribution in [1.29, 1.82) is 0 Å². The first kappa shape index (κ1) is 9.02. The summed E-state index contributed by atoms with van der Waals surface area (Å²) in [6.07, 6.45) is 6.52. The molecule has 1 aromatic heterocycles. The number of benzene rings is 1. The Kier molecular flexibility index (Phi) is 2.05. The molecule has 1 aromatic carbocycles. The Balaban J connectivity index is 1.96. The van der Waals surface area contributed by atoms with Gasteiger partial charge >= 0.3 is 0 Å². The molecule has 1 saturated carbocycles. The summed E-state index contributed by atoms with van der Waals surface area (Å²) in [6.45, 7) is 3.37. The molecular formula is C14H17N. The van der Waals surface area contributed by atoms with Gasteiger partial charge in [0.1, 0.15) is 0 Å². The maximum absolute atomic E-state index is 2.42. The van der Waals surface area contributed by atoms with Crippen LogP contribution in [0.3, 0.4) is 0 Å². The number of fused-ring (bicyclic) bond motifs is 1. The van der Waals surface area contributed by atoms with Crippen LogP contribution in [0.25, 0.3) is 10.9 Å². The summed E-state index contributed by atoms with van der Waals surface area (Å²) in [4.78, 5) is 0. The minimum Gasteiger partial charge on any atom is -0.347 e. The molecule has 0 bridgehead atoms. The average Bonchev–Trinajstić information content (AvgIpc) is 2.54. The van der Waals surface area contributed by atoms with Gasteiger partial charge in [0.15, 0.2) is 0 Å². The van der Waals surface area contributed by atoms with Crippen LogP contribution in [-0.4, -0.2) is 4.57 Å². The fraction of sp³-hybridized carbons (Fsp3) is 0.429. The molecule has 2 aromatic rings. The Morgan fingerprint density at radius 1 is 1.27 bits per heavy atom. The fourth-order valence-electron chi connectivity index (χ4n) is 2.43. The third-order valence-electron chi connectivity index (χ3n) is 3.61. The third kappa shape index (κ3) is 1.56. The van der Waals surface area contributed by atoms with E-state index in [-0.39, 0.29) is 0 Å². The van der Waals surface area contributed by atoms with Crippen LogP contribution >= 0.6 is 0 Å². The monoisotopic (exact) mass is 199 g/mol. The summed E-state index contributed by atoms with van der Waals surface area (Å²) < 4.78 is 2.42. The molecule has 1 nitrogen and oxygen atoms in total. The Morgan fingerprint density at radius 3 is 2.87 bits per heavy atom. The Morgan fingerprint density at radius 2 is 2.13 bits per heavy atom. The van der Waals surface area contributed by atoms with Crippen LogP contribution in [0.15, 0.2) is 30.5 Å². The van der Waals surface area contributed by atoms with Gasteiger partial charge in [-0.3, -0.25) is 0 Å². The van der Waals surface area contributed by atoms with Gasteiger partial charge in [-0.15, -0.1) is 0 Å². The van der Waals surface area contributed by atoms with Crippen LogP contribution in [0.2, 0.25) is 0 Å². The number of hydrogen-bond acceptors (Lipinski definition) is 0. The SMILES string of the molecule is Cc1ccc2c(ccn2CC2CCC2)c1. The van der Waals surface area contributed by atoms with Crippen LogP contribution < -0.4 is 0 Å². The Labute approximate surface area is 90.7 Å². The molecule has 0 amide bonds. The number of rotatable bonds is 2. The molecule has 0 radical (unpaired) electrons. The van der Waals surface area contributed by atoms with Gasteiger partial charge in [0, 0.05) is 18.3 Å². The second kappa shape index (κ2) is 3.41.